The van der Waals surface area contributed by atoms with E-state index in [2.05, 4.69) is 50.3 Å². The molecule has 0 saturated carbocycles. The van der Waals surface area contributed by atoms with Crippen LogP contribution in [0.1, 0.15) is 19.2 Å². The lowest BCUT2D eigenvalue weighted by Crippen LogP contribution is -2.30. The molecule has 0 N–H and O–H groups in total. The van der Waals surface area contributed by atoms with Gasteiger partial charge in [-0.2, -0.15) is 4.37 Å². The molecule has 0 spiro atoms. The van der Waals surface area contributed by atoms with Crippen molar-refractivity contribution in [1.29, 1.82) is 0 Å². The summed E-state index contributed by atoms with van der Waals surface area (Å²) in [6.07, 6.45) is 2.03. The minimum Gasteiger partial charge on any atom is -0.346 e. The van der Waals surface area contributed by atoms with E-state index in [1.54, 1.807) is 11.3 Å². The molecule has 1 aliphatic rings. The van der Waals surface area contributed by atoms with Crippen LogP contribution in [0.4, 0.5) is 10.3 Å². The largest absolute Gasteiger partial charge is 0.346 e. The van der Waals surface area contributed by atoms with Crippen LogP contribution in [-0.2, 0) is 6.42 Å². The smallest absolute Gasteiger partial charge is 0.205 e. The van der Waals surface area contributed by atoms with Gasteiger partial charge < -0.3 is 9.80 Å². The van der Waals surface area contributed by atoms with E-state index in [1.165, 1.54) is 16.2 Å². The second-order valence-corrected chi connectivity index (χ2v) is 7.38. The van der Waals surface area contributed by atoms with E-state index in [9.17, 15) is 0 Å². The first-order valence-corrected chi connectivity index (χ1v) is 9.60. The van der Waals surface area contributed by atoms with Gasteiger partial charge in [0.1, 0.15) is 5.82 Å². The van der Waals surface area contributed by atoms with Gasteiger partial charge in [0, 0.05) is 44.1 Å². The highest BCUT2D eigenvalue weighted by Gasteiger charge is 2.20. The maximum atomic E-state index is 4.79. The lowest BCUT2D eigenvalue weighted by Gasteiger charge is -2.20. The molecule has 7 heteroatoms. The molecule has 0 atom stereocenters. The molecule has 4 rings (SSSR count). The molecule has 5 nitrogen and oxygen atoms in total. The summed E-state index contributed by atoms with van der Waals surface area (Å²) in [5, 5.41) is 2.20. The molecule has 0 radical (unpaired) electrons. The quantitative estimate of drug-likeness (QED) is 0.728. The Labute approximate surface area is 143 Å². The van der Waals surface area contributed by atoms with Gasteiger partial charge in [-0.1, -0.05) is 30.4 Å². The van der Waals surface area contributed by atoms with Crippen LogP contribution in [0.3, 0.4) is 0 Å². The zero-order valence-corrected chi connectivity index (χ0v) is 14.7. The first-order valence-electron chi connectivity index (χ1n) is 8.01. The van der Waals surface area contributed by atoms with Crippen molar-refractivity contribution >= 4 is 43.3 Å². The number of fused-ring (bicyclic) bond motifs is 1. The predicted octanol–water partition coefficient (Wildman–Crippen LogP) is 3.43. The molecule has 0 bridgehead atoms. The second kappa shape index (κ2) is 6.41. The first kappa shape index (κ1) is 14.8. The lowest BCUT2D eigenvalue weighted by atomic mass is 10.3. The van der Waals surface area contributed by atoms with Crippen LogP contribution in [0.25, 0.3) is 10.2 Å². The Morgan fingerprint density at radius 2 is 1.78 bits per heavy atom. The number of thiazole rings is 1. The zero-order chi connectivity index (χ0) is 15.6. The molecule has 1 fully saturated rings. The highest BCUT2D eigenvalue weighted by Crippen LogP contribution is 2.29. The SMILES string of the molecule is CCc1nsc(N2CCCN(c3nc4ccccc4s3)CC2)n1. The third-order valence-electron chi connectivity index (χ3n) is 4.09. The maximum absolute atomic E-state index is 4.79. The second-order valence-electron chi connectivity index (χ2n) is 5.64. The zero-order valence-electron chi connectivity index (χ0n) is 13.1. The molecule has 0 amide bonds. The maximum Gasteiger partial charge on any atom is 0.205 e. The van der Waals surface area contributed by atoms with Crippen molar-refractivity contribution in [2.75, 3.05) is 36.0 Å². The van der Waals surface area contributed by atoms with Crippen LogP contribution in [0.2, 0.25) is 0 Å². The third kappa shape index (κ3) is 3.03. The van der Waals surface area contributed by atoms with Gasteiger partial charge in [-0.25, -0.2) is 9.97 Å². The fraction of sp³-hybridized carbons (Fsp3) is 0.438. The highest BCUT2D eigenvalue weighted by molar-refractivity contribution is 7.22. The van der Waals surface area contributed by atoms with Crippen LogP contribution in [-0.4, -0.2) is 40.5 Å². The molecule has 0 aliphatic carbocycles. The summed E-state index contributed by atoms with van der Waals surface area (Å²) in [7, 11) is 0. The van der Waals surface area contributed by atoms with Crippen LogP contribution >= 0.6 is 22.9 Å². The van der Waals surface area contributed by atoms with E-state index in [1.807, 2.05) is 0 Å². The number of anilines is 2. The summed E-state index contributed by atoms with van der Waals surface area (Å²) in [4.78, 5) is 14.2. The Hall–Kier alpha value is -1.73. The lowest BCUT2D eigenvalue weighted by molar-refractivity contribution is 0.801. The molecular formula is C16H19N5S2. The minimum atomic E-state index is 0.905. The first-order chi connectivity index (χ1) is 11.3. The molecule has 1 aromatic carbocycles. The van der Waals surface area contributed by atoms with Crippen LogP contribution < -0.4 is 9.80 Å². The fourth-order valence-electron chi connectivity index (χ4n) is 2.81. The normalized spacial score (nSPS) is 16.0. The monoisotopic (exact) mass is 345 g/mol. The number of hydrogen-bond acceptors (Lipinski definition) is 7. The molecule has 1 saturated heterocycles. The minimum absolute atomic E-state index is 0.905. The number of benzene rings is 1. The molecule has 120 valence electrons. The summed E-state index contributed by atoms with van der Waals surface area (Å²) in [6, 6.07) is 8.37. The Morgan fingerprint density at radius 3 is 2.52 bits per heavy atom. The summed E-state index contributed by atoms with van der Waals surface area (Å²) < 4.78 is 5.68. The van der Waals surface area contributed by atoms with Gasteiger partial charge in [-0.05, 0) is 18.6 Å². The van der Waals surface area contributed by atoms with Crippen molar-refractivity contribution in [3.05, 3.63) is 30.1 Å². The van der Waals surface area contributed by atoms with E-state index in [4.69, 9.17) is 4.98 Å². The number of para-hydroxylation sites is 1. The van der Waals surface area contributed by atoms with E-state index >= 15 is 0 Å². The number of hydrogen-bond donors (Lipinski definition) is 0. The molecule has 23 heavy (non-hydrogen) atoms. The average molecular weight is 345 g/mol. The van der Waals surface area contributed by atoms with Gasteiger partial charge >= 0.3 is 0 Å². The predicted molar refractivity (Wildman–Crippen MR) is 98.0 cm³/mol. The van der Waals surface area contributed by atoms with Crippen molar-refractivity contribution in [3.63, 3.8) is 0 Å². The van der Waals surface area contributed by atoms with Gasteiger partial charge in [0.15, 0.2) is 5.13 Å². The molecule has 0 unspecified atom stereocenters. The van der Waals surface area contributed by atoms with E-state index in [-0.39, 0.29) is 0 Å². The van der Waals surface area contributed by atoms with Crippen LogP contribution in [0.15, 0.2) is 24.3 Å². The Kier molecular flexibility index (Phi) is 4.13. The van der Waals surface area contributed by atoms with Gasteiger partial charge in [-0.3, -0.25) is 0 Å². The van der Waals surface area contributed by atoms with Crippen molar-refractivity contribution in [3.8, 4) is 0 Å². The average Bonchev–Trinajstić information content (AvgIpc) is 3.16. The van der Waals surface area contributed by atoms with Crippen molar-refractivity contribution in [1.82, 2.24) is 14.3 Å². The topological polar surface area (TPSA) is 45.2 Å². The van der Waals surface area contributed by atoms with E-state index in [0.717, 1.165) is 60.6 Å². The standard InChI is InChI=1S/C16H19N5S2/c1-2-14-18-16(23-19-14)21-9-5-8-20(10-11-21)15-17-12-6-3-4-7-13(12)22-15/h3-4,6-7H,2,5,8-11H2,1H3. The van der Waals surface area contributed by atoms with E-state index < -0.39 is 0 Å². The molecule has 2 aromatic heterocycles. The third-order valence-corrected chi connectivity index (χ3v) is 6.01. The molecule has 3 heterocycles. The highest BCUT2D eigenvalue weighted by atomic mass is 32.1. The molecule has 1 aliphatic heterocycles. The van der Waals surface area contributed by atoms with E-state index in [0.29, 0.717) is 0 Å². The number of rotatable bonds is 3. The Bertz CT molecular complexity index is 763. The number of aryl methyl sites for hydroxylation is 1. The van der Waals surface area contributed by atoms with Gasteiger partial charge in [-0.15, -0.1) is 0 Å². The van der Waals surface area contributed by atoms with Crippen molar-refractivity contribution in [2.24, 2.45) is 0 Å². The van der Waals surface area contributed by atoms with Crippen molar-refractivity contribution in [2.45, 2.75) is 19.8 Å². The molecule has 3 aromatic rings. The summed E-state index contributed by atoms with van der Waals surface area (Å²) in [5.41, 5.74) is 1.10. The van der Waals surface area contributed by atoms with Gasteiger partial charge in [0.05, 0.1) is 10.2 Å². The van der Waals surface area contributed by atoms with Crippen LogP contribution in [0, 0.1) is 0 Å². The molecular weight excluding hydrogens is 326 g/mol. The fourth-order valence-corrected chi connectivity index (χ4v) is 4.63. The Balaban J connectivity index is 1.50. The van der Waals surface area contributed by atoms with Crippen LogP contribution in [0.5, 0.6) is 0 Å². The van der Waals surface area contributed by atoms with Crippen molar-refractivity contribution < 1.29 is 0 Å². The summed E-state index contributed by atoms with van der Waals surface area (Å²) in [5.74, 6) is 0.956. The number of aromatic nitrogens is 3. The Morgan fingerprint density at radius 1 is 1.00 bits per heavy atom. The number of nitrogens with zero attached hydrogens (tertiary/aromatic N) is 5. The summed E-state index contributed by atoms with van der Waals surface area (Å²) >= 11 is 3.31. The van der Waals surface area contributed by atoms with Gasteiger partial charge in [0.25, 0.3) is 0 Å². The van der Waals surface area contributed by atoms with Gasteiger partial charge in [0.2, 0.25) is 5.13 Å². The summed E-state index contributed by atoms with van der Waals surface area (Å²) in [6.45, 7) is 6.16.